The third-order valence-corrected chi connectivity index (χ3v) is 2.81. The molecule has 60 valence electrons. The maximum atomic E-state index is 10.9. The van der Waals surface area contributed by atoms with Crippen molar-refractivity contribution in [1.82, 2.24) is 4.31 Å². The van der Waals surface area contributed by atoms with Crippen LogP contribution in [0, 0.1) is 0 Å². The summed E-state index contributed by atoms with van der Waals surface area (Å²) in [4.78, 5) is 0. The molecule has 0 saturated carbocycles. The lowest BCUT2D eigenvalue weighted by atomic mass is 10.4. The zero-order valence-corrected chi connectivity index (χ0v) is 6.89. The van der Waals surface area contributed by atoms with E-state index in [1.54, 1.807) is 0 Å². The van der Waals surface area contributed by atoms with E-state index >= 15 is 0 Å². The molecule has 0 aliphatic carbocycles. The highest BCUT2D eigenvalue weighted by molar-refractivity contribution is 7.88. The van der Waals surface area contributed by atoms with Crippen LogP contribution in [0.2, 0.25) is 0 Å². The lowest BCUT2D eigenvalue weighted by molar-refractivity contribution is 0.172. The summed E-state index contributed by atoms with van der Waals surface area (Å²) in [6.45, 7) is 2.54. The summed E-state index contributed by atoms with van der Waals surface area (Å²) in [5.74, 6) is 0. The van der Waals surface area contributed by atoms with Crippen LogP contribution in [-0.4, -0.2) is 38.4 Å². The Morgan fingerprint density at radius 3 is 2.40 bits per heavy atom. The Bertz CT molecular complexity index is 211. The van der Waals surface area contributed by atoms with Crippen LogP contribution < -0.4 is 0 Å². The first kappa shape index (κ1) is 7.97. The Labute approximate surface area is 60.8 Å². The van der Waals surface area contributed by atoms with Crippen LogP contribution in [-0.2, 0) is 14.8 Å². The highest BCUT2D eigenvalue weighted by Gasteiger charge is 2.28. The van der Waals surface area contributed by atoms with Crippen molar-refractivity contribution in [2.75, 3.05) is 19.6 Å². The molecule has 0 aromatic heterocycles. The molecule has 1 fully saturated rings. The van der Waals surface area contributed by atoms with Gasteiger partial charge in [-0.3, -0.25) is 0 Å². The SMILES string of the molecule is C[C@@H]1COCN1S(C)(=O)=O. The molecule has 0 radical (unpaired) electrons. The summed E-state index contributed by atoms with van der Waals surface area (Å²) in [5, 5.41) is 0. The van der Waals surface area contributed by atoms with Gasteiger partial charge in [-0.25, -0.2) is 8.42 Å². The summed E-state index contributed by atoms with van der Waals surface area (Å²) >= 11 is 0. The van der Waals surface area contributed by atoms with Crippen molar-refractivity contribution in [3.05, 3.63) is 0 Å². The van der Waals surface area contributed by atoms with E-state index in [0.717, 1.165) is 0 Å². The molecule has 0 spiro atoms. The lowest BCUT2D eigenvalue weighted by Crippen LogP contribution is -2.33. The summed E-state index contributed by atoms with van der Waals surface area (Å²) in [7, 11) is -3.04. The molecule has 1 atom stereocenters. The van der Waals surface area contributed by atoms with Gasteiger partial charge in [0.2, 0.25) is 10.0 Å². The second-order valence-corrected chi connectivity index (χ2v) is 4.43. The third kappa shape index (κ3) is 1.47. The molecule has 1 rings (SSSR count). The average molecular weight is 165 g/mol. The summed E-state index contributed by atoms with van der Waals surface area (Å²) in [5.41, 5.74) is 0. The van der Waals surface area contributed by atoms with Crippen molar-refractivity contribution in [3.63, 3.8) is 0 Å². The van der Waals surface area contributed by atoms with Gasteiger partial charge in [0.15, 0.2) is 0 Å². The maximum Gasteiger partial charge on any atom is 0.213 e. The molecule has 1 aliphatic heterocycles. The molecular weight excluding hydrogens is 154 g/mol. The predicted molar refractivity (Wildman–Crippen MR) is 37.0 cm³/mol. The first-order valence-corrected chi connectivity index (χ1v) is 4.91. The summed E-state index contributed by atoms with van der Waals surface area (Å²) in [6.07, 6.45) is 1.19. The molecule has 1 heterocycles. The fourth-order valence-electron chi connectivity index (χ4n) is 0.946. The zero-order valence-electron chi connectivity index (χ0n) is 6.07. The number of hydrogen-bond donors (Lipinski definition) is 0. The third-order valence-electron chi connectivity index (χ3n) is 1.50. The number of rotatable bonds is 1. The van der Waals surface area contributed by atoms with Crippen LogP contribution in [0.25, 0.3) is 0 Å². The fourth-order valence-corrected chi connectivity index (χ4v) is 1.93. The Kier molecular flexibility index (Phi) is 1.98. The minimum atomic E-state index is -3.04. The van der Waals surface area contributed by atoms with Crippen molar-refractivity contribution in [2.45, 2.75) is 13.0 Å². The van der Waals surface area contributed by atoms with E-state index in [0.29, 0.717) is 6.61 Å². The van der Waals surface area contributed by atoms with Gasteiger partial charge < -0.3 is 4.74 Å². The van der Waals surface area contributed by atoms with Crippen LogP contribution in [0.15, 0.2) is 0 Å². The molecule has 0 aromatic carbocycles. The van der Waals surface area contributed by atoms with Crippen LogP contribution in [0.5, 0.6) is 0 Å². The monoisotopic (exact) mass is 165 g/mol. The standard InChI is InChI=1S/C5H11NO3S/c1-5-3-9-4-6(5)10(2,7)8/h5H,3-4H2,1-2H3/t5-/m1/s1. The van der Waals surface area contributed by atoms with Gasteiger partial charge in [0, 0.05) is 6.04 Å². The average Bonchev–Trinajstić information content (AvgIpc) is 2.11. The van der Waals surface area contributed by atoms with Gasteiger partial charge in [-0.2, -0.15) is 4.31 Å². The quantitative estimate of drug-likeness (QED) is 0.532. The molecule has 0 bridgehead atoms. The fraction of sp³-hybridized carbons (Fsp3) is 1.00. The molecule has 0 aromatic rings. The van der Waals surface area contributed by atoms with Gasteiger partial charge in [0.05, 0.1) is 12.9 Å². The van der Waals surface area contributed by atoms with Crippen LogP contribution in [0.4, 0.5) is 0 Å². The Balaban J connectivity index is 2.74. The molecular formula is C5H11NO3S. The number of ether oxygens (including phenoxy) is 1. The minimum absolute atomic E-state index is 0.00463. The highest BCUT2D eigenvalue weighted by atomic mass is 32.2. The molecule has 1 saturated heterocycles. The molecule has 0 N–H and O–H groups in total. The molecule has 10 heavy (non-hydrogen) atoms. The van der Waals surface area contributed by atoms with Gasteiger partial charge in [0.1, 0.15) is 6.73 Å². The van der Waals surface area contributed by atoms with E-state index < -0.39 is 10.0 Å². The second-order valence-electron chi connectivity index (χ2n) is 2.50. The van der Waals surface area contributed by atoms with Gasteiger partial charge in [-0.15, -0.1) is 0 Å². The second kappa shape index (κ2) is 2.48. The maximum absolute atomic E-state index is 10.9. The zero-order chi connectivity index (χ0) is 7.78. The Morgan fingerprint density at radius 1 is 1.60 bits per heavy atom. The molecule has 4 nitrogen and oxygen atoms in total. The number of nitrogens with zero attached hydrogens (tertiary/aromatic N) is 1. The summed E-state index contributed by atoms with van der Waals surface area (Å²) in [6, 6.07) is -0.00463. The minimum Gasteiger partial charge on any atom is -0.363 e. The van der Waals surface area contributed by atoms with Gasteiger partial charge in [-0.05, 0) is 6.92 Å². The van der Waals surface area contributed by atoms with E-state index in [1.165, 1.54) is 10.6 Å². The lowest BCUT2D eigenvalue weighted by Gasteiger charge is -2.14. The smallest absolute Gasteiger partial charge is 0.213 e. The van der Waals surface area contributed by atoms with Gasteiger partial charge in [0.25, 0.3) is 0 Å². The van der Waals surface area contributed by atoms with Crippen molar-refractivity contribution in [3.8, 4) is 0 Å². The Hall–Kier alpha value is -0.130. The predicted octanol–water partition coefficient (Wildman–Crippen LogP) is -0.376. The number of sulfonamides is 1. The van der Waals surface area contributed by atoms with Crippen molar-refractivity contribution in [2.24, 2.45) is 0 Å². The number of hydrogen-bond acceptors (Lipinski definition) is 3. The highest BCUT2D eigenvalue weighted by Crippen LogP contribution is 2.11. The van der Waals surface area contributed by atoms with Crippen molar-refractivity contribution in [1.29, 1.82) is 0 Å². The van der Waals surface area contributed by atoms with Crippen LogP contribution in [0.3, 0.4) is 0 Å². The van der Waals surface area contributed by atoms with Gasteiger partial charge >= 0.3 is 0 Å². The van der Waals surface area contributed by atoms with E-state index in [-0.39, 0.29) is 12.8 Å². The van der Waals surface area contributed by atoms with Crippen LogP contribution >= 0.6 is 0 Å². The van der Waals surface area contributed by atoms with E-state index in [9.17, 15) is 8.42 Å². The molecule has 0 amide bonds. The molecule has 1 aliphatic rings. The summed E-state index contributed by atoms with van der Waals surface area (Å²) < 4.78 is 28.1. The van der Waals surface area contributed by atoms with Crippen molar-refractivity contribution < 1.29 is 13.2 Å². The van der Waals surface area contributed by atoms with E-state index in [2.05, 4.69) is 0 Å². The van der Waals surface area contributed by atoms with E-state index in [4.69, 9.17) is 4.74 Å². The molecule has 0 unspecified atom stereocenters. The topological polar surface area (TPSA) is 46.6 Å². The van der Waals surface area contributed by atoms with Crippen molar-refractivity contribution >= 4 is 10.0 Å². The van der Waals surface area contributed by atoms with Gasteiger partial charge in [-0.1, -0.05) is 0 Å². The van der Waals surface area contributed by atoms with E-state index in [1.807, 2.05) is 6.92 Å². The Morgan fingerprint density at radius 2 is 2.20 bits per heavy atom. The largest absolute Gasteiger partial charge is 0.363 e. The molecule has 5 heteroatoms. The first-order chi connectivity index (χ1) is 4.52. The first-order valence-electron chi connectivity index (χ1n) is 3.06. The normalized spacial score (nSPS) is 29.2. The van der Waals surface area contributed by atoms with Crippen LogP contribution in [0.1, 0.15) is 6.92 Å².